The molecule has 160 valence electrons. The van der Waals surface area contributed by atoms with Crippen LogP contribution in [0.2, 0.25) is 0 Å². The first-order valence-corrected chi connectivity index (χ1v) is 12.9. The highest BCUT2D eigenvalue weighted by atomic mass is 32.2. The lowest BCUT2D eigenvalue weighted by Gasteiger charge is -2.20. The summed E-state index contributed by atoms with van der Waals surface area (Å²) in [7, 11) is -3.30. The standard InChI is InChI=1S/C21H27N5O2S2/c1-15-6-7-17-18(11-15)29-21-19(17)20(24-14-25-21)23-9-4-10-26(30(2,27)28)13-16-5-3-8-22-12-16/h3,5,8,12,14-15H,4,6-7,9-11,13H2,1-2H3,(H,23,24,25). The Balaban J connectivity index is 1.42. The Hall–Kier alpha value is -2.10. The monoisotopic (exact) mass is 445 g/mol. The van der Waals surface area contributed by atoms with Crippen LogP contribution in [-0.4, -0.2) is 47.0 Å². The zero-order valence-corrected chi connectivity index (χ0v) is 19.0. The Morgan fingerprint density at radius 3 is 2.97 bits per heavy atom. The van der Waals surface area contributed by atoms with E-state index in [-0.39, 0.29) is 0 Å². The average Bonchev–Trinajstić information content (AvgIpc) is 3.08. The fourth-order valence-corrected chi connectivity index (χ4v) is 6.12. The van der Waals surface area contributed by atoms with Crippen LogP contribution in [0.15, 0.2) is 30.9 Å². The molecule has 4 rings (SSSR count). The van der Waals surface area contributed by atoms with Gasteiger partial charge in [-0.15, -0.1) is 11.3 Å². The number of nitrogens with one attached hydrogen (secondary N) is 1. The summed E-state index contributed by atoms with van der Waals surface area (Å²) in [6.45, 7) is 3.72. The number of fused-ring (bicyclic) bond motifs is 3. The van der Waals surface area contributed by atoms with Crippen LogP contribution >= 0.6 is 11.3 Å². The molecule has 1 unspecified atom stereocenters. The summed E-state index contributed by atoms with van der Waals surface area (Å²) >= 11 is 1.78. The van der Waals surface area contributed by atoms with Crippen LogP contribution in [0.4, 0.5) is 5.82 Å². The molecule has 1 aliphatic rings. The highest BCUT2D eigenvalue weighted by molar-refractivity contribution is 7.88. The summed E-state index contributed by atoms with van der Waals surface area (Å²) < 4.78 is 25.9. The van der Waals surface area contributed by atoms with E-state index in [9.17, 15) is 8.42 Å². The van der Waals surface area contributed by atoms with Crippen molar-refractivity contribution in [3.63, 3.8) is 0 Å². The minimum atomic E-state index is -3.30. The predicted octanol–water partition coefficient (Wildman–Crippen LogP) is 3.47. The number of nitrogens with zero attached hydrogens (tertiary/aromatic N) is 4. The second-order valence-corrected chi connectivity index (χ2v) is 11.1. The molecule has 1 atom stereocenters. The van der Waals surface area contributed by atoms with E-state index in [1.807, 2.05) is 12.1 Å². The van der Waals surface area contributed by atoms with E-state index in [0.717, 1.165) is 40.4 Å². The van der Waals surface area contributed by atoms with Crippen molar-refractivity contribution in [2.75, 3.05) is 24.7 Å². The smallest absolute Gasteiger partial charge is 0.211 e. The number of aryl methyl sites for hydroxylation is 1. The number of aromatic nitrogens is 3. The van der Waals surface area contributed by atoms with Crippen LogP contribution in [0.1, 0.15) is 35.8 Å². The van der Waals surface area contributed by atoms with Gasteiger partial charge in [0, 0.05) is 36.9 Å². The highest BCUT2D eigenvalue weighted by Crippen LogP contribution is 2.39. The number of hydrogen-bond donors (Lipinski definition) is 1. The molecule has 0 amide bonds. The zero-order valence-electron chi connectivity index (χ0n) is 17.3. The summed E-state index contributed by atoms with van der Waals surface area (Å²) in [5.74, 6) is 1.59. The van der Waals surface area contributed by atoms with Crippen LogP contribution in [-0.2, 0) is 29.4 Å². The molecule has 0 aromatic carbocycles. The van der Waals surface area contributed by atoms with Crippen LogP contribution in [0.25, 0.3) is 10.2 Å². The van der Waals surface area contributed by atoms with Crippen molar-refractivity contribution in [3.05, 3.63) is 46.9 Å². The third kappa shape index (κ3) is 4.79. The fourth-order valence-electron chi connectivity index (χ4n) is 3.93. The topological polar surface area (TPSA) is 88.1 Å². The molecule has 3 heterocycles. The lowest BCUT2D eigenvalue weighted by atomic mass is 9.89. The van der Waals surface area contributed by atoms with Crippen molar-refractivity contribution in [2.45, 2.75) is 39.2 Å². The molecular weight excluding hydrogens is 418 g/mol. The summed E-state index contributed by atoms with van der Waals surface area (Å²) in [5.41, 5.74) is 2.28. The van der Waals surface area contributed by atoms with Crippen molar-refractivity contribution in [1.29, 1.82) is 0 Å². The molecule has 0 aliphatic heterocycles. The molecule has 0 saturated heterocycles. The van der Waals surface area contributed by atoms with Gasteiger partial charge in [0.15, 0.2) is 0 Å². The van der Waals surface area contributed by atoms with Gasteiger partial charge in [0.1, 0.15) is 17.0 Å². The van der Waals surface area contributed by atoms with E-state index in [4.69, 9.17) is 0 Å². The molecule has 3 aromatic rings. The second kappa shape index (κ2) is 8.95. The Kier molecular flexibility index (Phi) is 6.31. The third-order valence-electron chi connectivity index (χ3n) is 5.52. The number of sulfonamides is 1. The number of hydrogen-bond acceptors (Lipinski definition) is 7. The van der Waals surface area contributed by atoms with Crippen LogP contribution in [0.5, 0.6) is 0 Å². The summed E-state index contributed by atoms with van der Waals surface area (Å²) in [6.07, 6.45) is 10.3. The molecule has 9 heteroatoms. The quantitative estimate of drug-likeness (QED) is 0.534. The van der Waals surface area contributed by atoms with Crippen LogP contribution < -0.4 is 5.32 Å². The van der Waals surface area contributed by atoms with Gasteiger partial charge in [0.05, 0.1) is 11.6 Å². The van der Waals surface area contributed by atoms with Gasteiger partial charge in [-0.2, -0.15) is 4.31 Å². The Morgan fingerprint density at radius 1 is 1.33 bits per heavy atom. The van der Waals surface area contributed by atoms with Gasteiger partial charge in [-0.25, -0.2) is 18.4 Å². The van der Waals surface area contributed by atoms with Gasteiger partial charge < -0.3 is 5.32 Å². The van der Waals surface area contributed by atoms with Crippen molar-refractivity contribution in [1.82, 2.24) is 19.3 Å². The van der Waals surface area contributed by atoms with Gasteiger partial charge in [-0.3, -0.25) is 4.98 Å². The minimum absolute atomic E-state index is 0.334. The average molecular weight is 446 g/mol. The van der Waals surface area contributed by atoms with Gasteiger partial charge in [-0.05, 0) is 48.8 Å². The van der Waals surface area contributed by atoms with Crippen molar-refractivity contribution in [2.24, 2.45) is 5.92 Å². The minimum Gasteiger partial charge on any atom is -0.369 e. The Labute approximate surface area is 181 Å². The second-order valence-electron chi connectivity index (χ2n) is 7.99. The largest absolute Gasteiger partial charge is 0.369 e. The summed E-state index contributed by atoms with van der Waals surface area (Å²) in [4.78, 5) is 15.5. The van der Waals surface area contributed by atoms with Crippen LogP contribution in [0, 0.1) is 5.92 Å². The molecule has 0 radical (unpaired) electrons. The highest BCUT2D eigenvalue weighted by Gasteiger charge is 2.23. The van der Waals surface area contributed by atoms with E-state index in [1.54, 1.807) is 30.1 Å². The molecule has 0 bridgehead atoms. The first-order valence-electron chi connectivity index (χ1n) is 10.2. The van der Waals surface area contributed by atoms with E-state index >= 15 is 0 Å². The van der Waals surface area contributed by atoms with Gasteiger partial charge >= 0.3 is 0 Å². The fraction of sp³-hybridized carbons (Fsp3) is 0.476. The van der Waals surface area contributed by atoms with Gasteiger partial charge in [-0.1, -0.05) is 13.0 Å². The van der Waals surface area contributed by atoms with E-state index in [0.29, 0.717) is 26.1 Å². The molecule has 7 nitrogen and oxygen atoms in total. The van der Waals surface area contributed by atoms with E-state index in [2.05, 4.69) is 27.2 Å². The van der Waals surface area contributed by atoms with E-state index in [1.165, 1.54) is 27.4 Å². The summed E-state index contributed by atoms with van der Waals surface area (Å²) in [6, 6.07) is 3.71. The maximum atomic E-state index is 12.2. The molecule has 0 fully saturated rings. The molecule has 1 N–H and O–H groups in total. The third-order valence-corrected chi connectivity index (χ3v) is 7.93. The lowest BCUT2D eigenvalue weighted by Crippen LogP contribution is -2.31. The van der Waals surface area contributed by atoms with Crippen molar-refractivity contribution < 1.29 is 8.42 Å². The first-order chi connectivity index (χ1) is 14.4. The van der Waals surface area contributed by atoms with Crippen molar-refractivity contribution >= 4 is 37.4 Å². The zero-order chi connectivity index (χ0) is 21.1. The molecule has 0 spiro atoms. The Morgan fingerprint density at radius 2 is 2.20 bits per heavy atom. The van der Waals surface area contributed by atoms with Gasteiger partial charge in [0.2, 0.25) is 10.0 Å². The predicted molar refractivity (Wildman–Crippen MR) is 121 cm³/mol. The molecule has 0 saturated carbocycles. The molecular formula is C21H27N5O2S2. The maximum absolute atomic E-state index is 12.2. The number of thiophene rings is 1. The first kappa shape index (κ1) is 21.1. The number of rotatable bonds is 8. The number of anilines is 1. The molecule has 1 aliphatic carbocycles. The van der Waals surface area contributed by atoms with Crippen LogP contribution in [0.3, 0.4) is 0 Å². The Bertz CT molecular complexity index is 1120. The maximum Gasteiger partial charge on any atom is 0.211 e. The SMILES string of the molecule is CC1CCc2c(sc3ncnc(NCCCN(Cc4cccnc4)S(C)(=O)=O)c23)C1. The van der Waals surface area contributed by atoms with Gasteiger partial charge in [0.25, 0.3) is 0 Å². The number of pyridine rings is 1. The normalized spacial score (nSPS) is 16.7. The molecule has 30 heavy (non-hydrogen) atoms. The lowest BCUT2D eigenvalue weighted by molar-refractivity contribution is 0.406. The molecule has 3 aromatic heterocycles. The summed E-state index contributed by atoms with van der Waals surface area (Å²) in [5, 5.41) is 4.58. The van der Waals surface area contributed by atoms with Crippen molar-refractivity contribution in [3.8, 4) is 0 Å². The van der Waals surface area contributed by atoms with E-state index < -0.39 is 10.0 Å².